The number of nitrogens with zero attached hydrogens (tertiary/aromatic N) is 2. The van der Waals surface area contributed by atoms with Gasteiger partial charge >= 0.3 is 12.1 Å². The molecule has 8 nitrogen and oxygen atoms in total. The van der Waals surface area contributed by atoms with Crippen molar-refractivity contribution in [2.24, 2.45) is 0 Å². The van der Waals surface area contributed by atoms with Gasteiger partial charge in [0.1, 0.15) is 23.1 Å². The van der Waals surface area contributed by atoms with Crippen LogP contribution in [0.5, 0.6) is 17.5 Å². The first kappa shape index (κ1) is 28.4. The number of methoxy groups -OCH3 is 1. The Bertz CT molecular complexity index is 1860. The quantitative estimate of drug-likeness (QED) is 0.254. The summed E-state index contributed by atoms with van der Waals surface area (Å²) in [5, 5.41) is 33.5. The normalized spacial score (nSPS) is 23.2. The highest BCUT2D eigenvalue weighted by atomic mass is 19.4. The summed E-state index contributed by atoms with van der Waals surface area (Å²) in [6.07, 6.45) is -5.56. The lowest BCUT2D eigenvalue weighted by molar-refractivity contribution is -0.161. The number of nitriles is 1. The number of fused-ring (bicyclic) bond motifs is 6. The van der Waals surface area contributed by atoms with E-state index in [-0.39, 0.29) is 23.2 Å². The van der Waals surface area contributed by atoms with Crippen LogP contribution < -0.4 is 4.74 Å². The molecule has 1 aromatic heterocycles. The third kappa shape index (κ3) is 4.19. The van der Waals surface area contributed by atoms with Crippen LogP contribution in [0.25, 0.3) is 16.5 Å². The molecule has 0 radical (unpaired) electrons. The van der Waals surface area contributed by atoms with Crippen LogP contribution in [0.4, 0.5) is 13.2 Å². The van der Waals surface area contributed by atoms with Gasteiger partial charge in [0, 0.05) is 6.42 Å². The van der Waals surface area contributed by atoms with Crippen LogP contribution in [0.3, 0.4) is 0 Å². The summed E-state index contributed by atoms with van der Waals surface area (Å²) in [5.74, 6) is -1.50. The van der Waals surface area contributed by atoms with Crippen molar-refractivity contribution in [1.29, 1.82) is 5.26 Å². The van der Waals surface area contributed by atoms with E-state index in [4.69, 9.17) is 19.5 Å². The number of hydrogen-bond donors (Lipinski definition) is 2. The Morgan fingerprint density at radius 2 is 1.74 bits per heavy atom. The predicted molar refractivity (Wildman–Crippen MR) is 148 cm³/mol. The van der Waals surface area contributed by atoms with E-state index in [0.717, 1.165) is 27.0 Å². The average Bonchev–Trinajstić information content (AvgIpc) is 3.50. The van der Waals surface area contributed by atoms with Gasteiger partial charge in [-0.25, -0.2) is 0 Å². The maximum absolute atomic E-state index is 13.7. The zero-order chi connectivity index (χ0) is 31.1. The molecule has 0 amide bonds. The maximum atomic E-state index is 13.7. The van der Waals surface area contributed by atoms with E-state index in [2.05, 4.69) is 0 Å². The van der Waals surface area contributed by atoms with Crippen molar-refractivity contribution in [1.82, 2.24) is 4.57 Å². The van der Waals surface area contributed by atoms with Crippen molar-refractivity contribution in [2.45, 2.75) is 56.6 Å². The number of esters is 1. The molecule has 4 aromatic rings. The minimum Gasteiger partial charge on any atom is -0.497 e. The summed E-state index contributed by atoms with van der Waals surface area (Å²) in [5.41, 5.74) is -3.53. The fourth-order valence-electron chi connectivity index (χ4n) is 6.43. The van der Waals surface area contributed by atoms with Gasteiger partial charge in [-0.05, 0) is 67.4 Å². The van der Waals surface area contributed by atoms with Gasteiger partial charge in [0.2, 0.25) is 11.8 Å². The topological polar surface area (TPSA) is 114 Å². The van der Waals surface area contributed by atoms with E-state index in [1.165, 1.54) is 12.1 Å². The molecule has 1 fully saturated rings. The second kappa shape index (κ2) is 9.41. The van der Waals surface area contributed by atoms with E-state index in [1.54, 1.807) is 27.9 Å². The van der Waals surface area contributed by atoms with E-state index < -0.39 is 58.3 Å². The Balaban J connectivity index is 1.32. The molecule has 2 N–H and O–H groups in total. The van der Waals surface area contributed by atoms with Gasteiger partial charge in [-0.3, -0.25) is 9.36 Å². The first-order valence-corrected chi connectivity index (χ1v) is 13.5. The number of halogens is 3. The Hall–Kier alpha value is -4.69. The van der Waals surface area contributed by atoms with E-state index >= 15 is 0 Å². The lowest BCUT2D eigenvalue weighted by Gasteiger charge is -2.30. The lowest BCUT2D eigenvalue weighted by atomic mass is 9.78. The molecular weight excluding hydrogens is 565 g/mol. The minimum absolute atomic E-state index is 0.127. The van der Waals surface area contributed by atoms with E-state index in [0.29, 0.717) is 11.8 Å². The summed E-state index contributed by atoms with van der Waals surface area (Å²) in [6, 6.07) is 15.6. The molecule has 0 spiro atoms. The number of carbonyl (C=O) groups excluding carboxylic acids is 1. The number of alkyl halides is 3. The summed E-state index contributed by atoms with van der Waals surface area (Å²) >= 11 is 0. The molecule has 2 aliphatic rings. The van der Waals surface area contributed by atoms with Crippen LogP contribution in [-0.2, 0) is 31.6 Å². The van der Waals surface area contributed by atoms with E-state index in [1.807, 2.05) is 36.4 Å². The Labute approximate surface area is 244 Å². The summed E-state index contributed by atoms with van der Waals surface area (Å²) in [6.45, 7) is 4.99. The minimum atomic E-state index is -4.84. The first-order chi connectivity index (χ1) is 20.2. The molecule has 4 atom stereocenters. The average molecular weight is 593 g/mol. The van der Waals surface area contributed by atoms with Crippen LogP contribution in [0, 0.1) is 11.3 Å². The van der Waals surface area contributed by atoms with Crippen LogP contribution >= 0.6 is 0 Å². The summed E-state index contributed by atoms with van der Waals surface area (Å²) in [7, 11) is 1.59. The SMILES string of the molecule is COc1ccc2cc([C@H](C)C(=O)O[C@H]3C[C@@]4(C)O[C@]3(C)c3c4c(O)n(-c4ccc(C#N)c(C(F)(F)F)c4)c3O)ccc2c1. The van der Waals surface area contributed by atoms with Crippen molar-refractivity contribution in [3.63, 3.8) is 0 Å². The van der Waals surface area contributed by atoms with Gasteiger partial charge in [0.15, 0.2) is 0 Å². The smallest absolute Gasteiger partial charge is 0.417 e. The molecule has 2 bridgehead atoms. The molecule has 0 saturated carbocycles. The number of aromatic hydroxyl groups is 2. The van der Waals surface area contributed by atoms with Gasteiger partial charge in [-0.2, -0.15) is 18.4 Å². The van der Waals surface area contributed by atoms with Gasteiger partial charge in [0.25, 0.3) is 0 Å². The van der Waals surface area contributed by atoms with E-state index in [9.17, 15) is 28.2 Å². The van der Waals surface area contributed by atoms with Gasteiger partial charge in [-0.15, -0.1) is 0 Å². The molecule has 3 heterocycles. The number of ether oxygens (including phenoxy) is 3. The fraction of sp³-hybridized carbons (Fsp3) is 0.312. The molecular formula is C32H27F3N2O6. The van der Waals surface area contributed by atoms with Crippen molar-refractivity contribution in [2.75, 3.05) is 7.11 Å². The number of hydrogen-bond acceptors (Lipinski definition) is 7. The molecule has 0 unspecified atom stereocenters. The summed E-state index contributed by atoms with van der Waals surface area (Å²) < 4.78 is 59.4. The maximum Gasteiger partial charge on any atom is 0.417 e. The Morgan fingerprint density at radius 3 is 2.42 bits per heavy atom. The third-order valence-corrected chi connectivity index (χ3v) is 8.64. The summed E-state index contributed by atoms with van der Waals surface area (Å²) in [4.78, 5) is 13.4. The van der Waals surface area contributed by atoms with Crippen molar-refractivity contribution in [3.05, 3.63) is 82.4 Å². The van der Waals surface area contributed by atoms with Crippen LogP contribution in [0.1, 0.15) is 60.9 Å². The molecule has 222 valence electrons. The Kier molecular flexibility index (Phi) is 6.22. The number of aromatic nitrogens is 1. The largest absolute Gasteiger partial charge is 0.497 e. The van der Waals surface area contributed by atoms with Crippen molar-refractivity contribution < 1.29 is 42.4 Å². The highest BCUT2D eigenvalue weighted by molar-refractivity contribution is 5.87. The van der Waals surface area contributed by atoms with Crippen molar-refractivity contribution >= 4 is 16.7 Å². The first-order valence-electron chi connectivity index (χ1n) is 13.5. The molecule has 6 rings (SSSR count). The van der Waals surface area contributed by atoms with Crippen LogP contribution in [-0.4, -0.2) is 34.0 Å². The van der Waals surface area contributed by atoms with Crippen LogP contribution in [0.15, 0.2) is 54.6 Å². The fourth-order valence-corrected chi connectivity index (χ4v) is 6.43. The zero-order valence-corrected chi connectivity index (χ0v) is 23.6. The van der Waals surface area contributed by atoms with Gasteiger partial charge in [0.05, 0.1) is 47.0 Å². The monoisotopic (exact) mass is 592 g/mol. The number of rotatable bonds is 5. The predicted octanol–water partition coefficient (Wildman–Crippen LogP) is 6.52. The molecule has 2 aliphatic heterocycles. The molecule has 43 heavy (non-hydrogen) atoms. The van der Waals surface area contributed by atoms with Crippen LogP contribution in [0.2, 0.25) is 0 Å². The molecule has 0 aliphatic carbocycles. The highest BCUT2D eigenvalue weighted by Gasteiger charge is 2.66. The lowest BCUT2D eigenvalue weighted by Crippen LogP contribution is -2.38. The second-order valence-corrected chi connectivity index (χ2v) is 11.3. The Morgan fingerprint density at radius 1 is 1.07 bits per heavy atom. The molecule has 1 saturated heterocycles. The number of benzene rings is 3. The molecule has 11 heteroatoms. The van der Waals surface area contributed by atoms with Gasteiger partial charge in [-0.1, -0.05) is 24.3 Å². The third-order valence-electron chi connectivity index (χ3n) is 8.64. The molecule has 3 aromatic carbocycles. The highest BCUT2D eigenvalue weighted by Crippen LogP contribution is 2.65. The van der Waals surface area contributed by atoms with Gasteiger partial charge < -0.3 is 24.4 Å². The zero-order valence-electron chi connectivity index (χ0n) is 23.6. The second-order valence-electron chi connectivity index (χ2n) is 11.3. The number of carbonyl (C=O) groups is 1. The van der Waals surface area contributed by atoms with Crippen molar-refractivity contribution in [3.8, 4) is 29.3 Å². The standard InChI is InChI=1S/C32H27F3N2O6/c1-16(17-5-6-19-12-22(41-4)10-8-18(19)11-17)29(40)42-24-14-30(2)25-26(31(24,3)43-30)28(39)37(27(25)38)21-9-7-20(15-36)23(13-21)32(33,34)35/h5-13,16,24,38-39H,14H2,1-4H3/t16-,24-,30+,31-/m0/s1.